The van der Waals surface area contributed by atoms with Crippen LogP contribution in [0.1, 0.15) is 30.4 Å². The molecule has 0 bridgehead atoms. The van der Waals surface area contributed by atoms with Crippen molar-refractivity contribution in [2.45, 2.75) is 43.4 Å². The fourth-order valence-corrected chi connectivity index (χ4v) is 4.46. The number of benzene rings is 1. The highest BCUT2D eigenvalue weighted by atomic mass is 32.2. The maximum atomic E-state index is 4.70. The van der Waals surface area contributed by atoms with Gasteiger partial charge in [0.1, 0.15) is 0 Å². The SMILES string of the molecule is c1ccc2c(c1)CCC(NC1=NCC(C3CC3)S1)C2. The summed E-state index contributed by atoms with van der Waals surface area (Å²) in [5.74, 6) is 0.958. The van der Waals surface area contributed by atoms with Gasteiger partial charge in [-0.3, -0.25) is 4.99 Å². The molecule has 1 aliphatic heterocycles. The molecule has 0 amide bonds. The van der Waals surface area contributed by atoms with Crippen LogP contribution in [-0.2, 0) is 12.8 Å². The second kappa shape index (κ2) is 4.86. The van der Waals surface area contributed by atoms with Crippen LogP contribution >= 0.6 is 11.8 Å². The largest absolute Gasteiger partial charge is 0.362 e. The average molecular weight is 272 g/mol. The van der Waals surface area contributed by atoms with Crippen molar-refractivity contribution < 1.29 is 0 Å². The third-order valence-corrected chi connectivity index (χ3v) is 5.81. The zero-order chi connectivity index (χ0) is 12.7. The summed E-state index contributed by atoms with van der Waals surface area (Å²) in [6, 6.07) is 9.45. The van der Waals surface area contributed by atoms with E-state index < -0.39 is 0 Å². The zero-order valence-corrected chi connectivity index (χ0v) is 12.0. The van der Waals surface area contributed by atoms with Gasteiger partial charge in [0.25, 0.3) is 0 Å². The normalized spacial score (nSPS) is 29.8. The maximum Gasteiger partial charge on any atom is 0.157 e. The summed E-state index contributed by atoms with van der Waals surface area (Å²) in [6.07, 6.45) is 6.46. The molecule has 1 aromatic carbocycles. The van der Waals surface area contributed by atoms with Crippen LogP contribution in [0.5, 0.6) is 0 Å². The summed E-state index contributed by atoms with van der Waals surface area (Å²) in [5.41, 5.74) is 3.06. The molecule has 1 heterocycles. The summed E-state index contributed by atoms with van der Waals surface area (Å²) >= 11 is 2.00. The summed E-state index contributed by atoms with van der Waals surface area (Å²) < 4.78 is 0. The molecule has 2 atom stereocenters. The molecule has 1 fully saturated rings. The minimum atomic E-state index is 0.583. The molecule has 100 valence electrons. The first-order valence-corrected chi connectivity index (χ1v) is 8.31. The molecule has 2 aliphatic carbocycles. The van der Waals surface area contributed by atoms with E-state index in [1.165, 1.54) is 42.0 Å². The van der Waals surface area contributed by atoms with E-state index in [0.29, 0.717) is 6.04 Å². The first kappa shape index (κ1) is 11.8. The standard InChI is InChI=1S/C16H20N2S/c1-2-4-13-9-14(8-7-11(13)3-1)18-16-17-10-15(19-16)12-5-6-12/h1-4,12,14-15H,5-10H2,(H,17,18). The van der Waals surface area contributed by atoms with Gasteiger partial charge in [0.2, 0.25) is 0 Å². The molecule has 4 rings (SSSR count). The van der Waals surface area contributed by atoms with E-state index in [1.54, 1.807) is 0 Å². The number of nitrogens with zero attached hydrogens (tertiary/aromatic N) is 1. The minimum absolute atomic E-state index is 0.583. The van der Waals surface area contributed by atoms with Crippen molar-refractivity contribution in [2.75, 3.05) is 6.54 Å². The van der Waals surface area contributed by atoms with Gasteiger partial charge >= 0.3 is 0 Å². The van der Waals surface area contributed by atoms with Crippen molar-refractivity contribution in [1.82, 2.24) is 5.32 Å². The monoisotopic (exact) mass is 272 g/mol. The molecular weight excluding hydrogens is 252 g/mol. The quantitative estimate of drug-likeness (QED) is 0.895. The Labute approximate surface area is 119 Å². The molecule has 0 spiro atoms. The van der Waals surface area contributed by atoms with Gasteiger partial charge in [0.05, 0.1) is 6.54 Å². The number of nitrogens with one attached hydrogen (secondary N) is 1. The lowest BCUT2D eigenvalue weighted by atomic mass is 9.88. The fraction of sp³-hybridized carbons (Fsp3) is 0.562. The second-order valence-corrected chi connectivity index (χ2v) is 7.22. The molecule has 1 saturated carbocycles. The van der Waals surface area contributed by atoms with Gasteiger partial charge in [0, 0.05) is 11.3 Å². The Kier molecular flexibility index (Phi) is 3.03. The average Bonchev–Trinajstić information content (AvgIpc) is 3.20. The van der Waals surface area contributed by atoms with Gasteiger partial charge in [-0.05, 0) is 49.1 Å². The lowest BCUT2D eigenvalue weighted by Gasteiger charge is -2.26. The van der Waals surface area contributed by atoms with E-state index in [9.17, 15) is 0 Å². The molecule has 2 nitrogen and oxygen atoms in total. The summed E-state index contributed by atoms with van der Waals surface area (Å²) in [4.78, 5) is 4.70. The molecule has 0 radical (unpaired) electrons. The summed E-state index contributed by atoms with van der Waals surface area (Å²) in [5, 5.41) is 5.67. The third-order valence-electron chi connectivity index (χ3n) is 4.50. The number of amidine groups is 1. The van der Waals surface area contributed by atoms with Crippen molar-refractivity contribution in [1.29, 1.82) is 0 Å². The molecule has 3 aliphatic rings. The Morgan fingerprint density at radius 2 is 1.95 bits per heavy atom. The van der Waals surface area contributed by atoms with E-state index in [1.807, 2.05) is 11.8 Å². The van der Waals surface area contributed by atoms with E-state index in [0.717, 1.165) is 24.1 Å². The van der Waals surface area contributed by atoms with Crippen LogP contribution in [0, 0.1) is 5.92 Å². The summed E-state index contributed by atoms with van der Waals surface area (Å²) in [6.45, 7) is 1.04. The van der Waals surface area contributed by atoms with E-state index >= 15 is 0 Å². The Hall–Kier alpha value is -0.960. The van der Waals surface area contributed by atoms with Gasteiger partial charge in [-0.25, -0.2) is 0 Å². The minimum Gasteiger partial charge on any atom is -0.362 e. The van der Waals surface area contributed by atoms with Gasteiger partial charge in [0.15, 0.2) is 5.17 Å². The lowest BCUT2D eigenvalue weighted by Crippen LogP contribution is -2.37. The molecule has 2 unspecified atom stereocenters. The number of aliphatic imine (C=N–C) groups is 1. The smallest absolute Gasteiger partial charge is 0.157 e. The van der Waals surface area contributed by atoms with Gasteiger partial charge < -0.3 is 5.32 Å². The Bertz CT molecular complexity index is 507. The van der Waals surface area contributed by atoms with E-state index in [-0.39, 0.29) is 0 Å². The van der Waals surface area contributed by atoms with Gasteiger partial charge in [-0.2, -0.15) is 0 Å². The predicted molar refractivity (Wildman–Crippen MR) is 81.8 cm³/mol. The Balaban J connectivity index is 1.37. The van der Waals surface area contributed by atoms with Crippen LogP contribution in [0.25, 0.3) is 0 Å². The van der Waals surface area contributed by atoms with Crippen LogP contribution in [0.3, 0.4) is 0 Å². The van der Waals surface area contributed by atoms with Crippen LogP contribution in [0.15, 0.2) is 29.3 Å². The lowest BCUT2D eigenvalue weighted by molar-refractivity contribution is 0.531. The fourth-order valence-electron chi connectivity index (χ4n) is 3.18. The van der Waals surface area contributed by atoms with Crippen molar-refractivity contribution in [3.05, 3.63) is 35.4 Å². The Morgan fingerprint density at radius 1 is 1.11 bits per heavy atom. The van der Waals surface area contributed by atoms with Crippen molar-refractivity contribution in [2.24, 2.45) is 10.9 Å². The van der Waals surface area contributed by atoms with Crippen LogP contribution in [0.2, 0.25) is 0 Å². The van der Waals surface area contributed by atoms with Crippen LogP contribution in [0.4, 0.5) is 0 Å². The number of thioether (sulfide) groups is 1. The third kappa shape index (κ3) is 2.53. The predicted octanol–water partition coefficient (Wildman–Crippen LogP) is 3.01. The van der Waals surface area contributed by atoms with Crippen molar-refractivity contribution >= 4 is 16.9 Å². The highest BCUT2D eigenvalue weighted by Crippen LogP contribution is 2.41. The number of fused-ring (bicyclic) bond motifs is 1. The van der Waals surface area contributed by atoms with Crippen molar-refractivity contribution in [3.8, 4) is 0 Å². The van der Waals surface area contributed by atoms with E-state index in [4.69, 9.17) is 4.99 Å². The molecule has 1 aromatic rings. The number of aryl methyl sites for hydroxylation is 1. The van der Waals surface area contributed by atoms with Crippen LogP contribution < -0.4 is 5.32 Å². The molecule has 1 N–H and O–H groups in total. The molecule has 0 saturated heterocycles. The molecule has 19 heavy (non-hydrogen) atoms. The highest BCUT2D eigenvalue weighted by molar-refractivity contribution is 8.14. The topological polar surface area (TPSA) is 24.4 Å². The number of rotatable bonds is 2. The summed E-state index contributed by atoms with van der Waals surface area (Å²) in [7, 11) is 0. The van der Waals surface area contributed by atoms with Gasteiger partial charge in [-0.15, -0.1) is 0 Å². The number of hydrogen-bond donors (Lipinski definition) is 1. The molecule has 3 heteroatoms. The number of hydrogen-bond acceptors (Lipinski definition) is 3. The second-order valence-electron chi connectivity index (χ2n) is 5.99. The Morgan fingerprint density at radius 3 is 2.79 bits per heavy atom. The molecular formula is C16H20N2S. The first-order chi connectivity index (χ1) is 9.38. The maximum absolute atomic E-state index is 4.70. The van der Waals surface area contributed by atoms with Gasteiger partial charge in [-0.1, -0.05) is 36.0 Å². The molecule has 0 aromatic heterocycles. The zero-order valence-electron chi connectivity index (χ0n) is 11.1. The first-order valence-electron chi connectivity index (χ1n) is 7.43. The van der Waals surface area contributed by atoms with Crippen molar-refractivity contribution in [3.63, 3.8) is 0 Å². The highest BCUT2D eigenvalue weighted by Gasteiger charge is 2.35. The van der Waals surface area contributed by atoms with Crippen LogP contribution in [-0.4, -0.2) is 23.0 Å². The van der Waals surface area contributed by atoms with E-state index in [2.05, 4.69) is 29.6 Å².